The predicted molar refractivity (Wildman–Crippen MR) is 75.1 cm³/mol. The number of nitrogens with zero attached hydrogens (tertiary/aromatic N) is 1. The van der Waals surface area contributed by atoms with Crippen molar-refractivity contribution in [1.29, 1.82) is 0 Å². The van der Waals surface area contributed by atoms with Crippen LogP contribution in [0.15, 0.2) is 14.7 Å². The van der Waals surface area contributed by atoms with Crippen LogP contribution in [0.25, 0.3) is 0 Å². The van der Waals surface area contributed by atoms with E-state index in [9.17, 15) is 8.42 Å². The first-order valence-corrected chi connectivity index (χ1v) is 8.06. The Bertz CT molecular complexity index is 605. The molecule has 0 saturated heterocycles. The molecule has 5 nitrogen and oxygen atoms in total. The van der Waals surface area contributed by atoms with Gasteiger partial charge >= 0.3 is 0 Å². The molecular weight excluding hydrogens is 294 g/mol. The van der Waals surface area contributed by atoms with Gasteiger partial charge < -0.3 is 10.6 Å². The van der Waals surface area contributed by atoms with Crippen molar-refractivity contribution < 1.29 is 8.42 Å². The number of halogens is 1. The Balaban J connectivity index is 2.36. The van der Waals surface area contributed by atoms with Crippen LogP contribution in [-0.2, 0) is 10.0 Å². The maximum atomic E-state index is 12.0. The summed E-state index contributed by atoms with van der Waals surface area (Å²) in [6.45, 7) is 5.96. The summed E-state index contributed by atoms with van der Waals surface area (Å²) in [4.78, 5) is 0. The molecular formula is C10H14ClN3O2S2. The van der Waals surface area contributed by atoms with E-state index in [1.165, 1.54) is 0 Å². The van der Waals surface area contributed by atoms with Crippen LogP contribution in [0.3, 0.4) is 0 Å². The molecule has 8 heteroatoms. The van der Waals surface area contributed by atoms with E-state index in [1.54, 1.807) is 6.07 Å². The van der Waals surface area contributed by atoms with Gasteiger partial charge in [-0.1, -0.05) is 18.5 Å². The average Bonchev–Trinajstić information content (AvgIpc) is 2.58. The van der Waals surface area contributed by atoms with E-state index in [1.807, 2.05) is 20.8 Å². The number of hydrogen-bond donors (Lipinski definition) is 2. The maximum absolute atomic E-state index is 12.0. The number of nitrogens with one attached hydrogen (secondary N) is 2. The van der Waals surface area contributed by atoms with Crippen molar-refractivity contribution in [2.24, 2.45) is 4.40 Å². The molecule has 2 rings (SSSR count). The lowest BCUT2D eigenvalue weighted by molar-refractivity contribution is 0.445. The van der Waals surface area contributed by atoms with Gasteiger partial charge in [-0.2, -0.15) is 8.42 Å². The van der Waals surface area contributed by atoms with E-state index in [2.05, 4.69) is 15.0 Å². The molecule has 1 aliphatic heterocycles. The first kappa shape index (κ1) is 13.6. The van der Waals surface area contributed by atoms with E-state index in [-0.39, 0.29) is 15.7 Å². The molecule has 0 bridgehead atoms. The van der Waals surface area contributed by atoms with Crippen molar-refractivity contribution in [1.82, 2.24) is 5.32 Å². The van der Waals surface area contributed by atoms with Gasteiger partial charge in [-0.15, -0.1) is 15.7 Å². The molecule has 0 radical (unpaired) electrons. The van der Waals surface area contributed by atoms with Crippen molar-refractivity contribution in [3.8, 4) is 0 Å². The molecule has 0 fully saturated rings. The SMILES string of the molecule is CCC(C)(C)NC1=NS(=O)(=O)c2sc(Cl)cc2N1. The summed E-state index contributed by atoms with van der Waals surface area (Å²) in [6, 6.07) is 1.59. The van der Waals surface area contributed by atoms with Gasteiger partial charge in [0.05, 0.1) is 10.0 Å². The van der Waals surface area contributed by atoms with Crippen LogP contribution in [0.1, 0.15) is 27.2 Å². The third-order valence-electron chi connectivity index (χ3n) is 2.71. The molecule has 0 saturated carbocycles. The van der Waals surface area contributed by atoms with Gasteiger partial charge in [0.15, 0.2) is 4.21 Å². The minimum absolute atomic E-state index is 0.160. The zero-order valence-electron chi connectivity index (χ0n) is 10.2. The largest absolute Gasteiger partial charge is 0.350 e. The quantitative estimate of drug-likeness (QED) is 0.881. The van der Waals surface area contributed by atoms with Gasteiger partial charge in [-0.25, -0.2) is 0 Å². The van der Waals surface area contributed by atoms with Crippen LogP contribution in [0.4, 0.5) is 5.69 Å². The second kappa shape index (κ2) is 4.40. The van der Waals surface area contributed by atoms with Crippen molar-refractivity contribution in [3.05, 3.63) is 10.4 Å². The Morgan fingerprint density at radius 2 is 2.22 bits per heavy atom. The molecule has 1 aromatic heterocycles. The van der Waals surface area contributed by atoms with Gasteiger partial charge in [0.1, 0.15) is 0 Å². The minimum Gasteiger partial charge on any atom is -0.350 e. The van der Waals surface area contributed by atoms with Gasteiger partial charge in [-0.3, -0.25) is 0 Å². The second-order valence-electron chi connectivity index (χ2n) is 4.65. The van der Waals surface area contributed by atoms with E-state index in [0.29, 0.717) is 10.0 Å². The number of sulfonamides is 1. The zero-order chi connectivity index (χ0) is 13.6. The Labute approximate surface area is 115 Å². The van der Waals surface area contributed by atoms with Gasteiger partial charge in [0, 0.05) is 5.54 Å². The van der Waals surface area contributed by atoms with E-state index >= 15 is 0 Å². The van der Waals surface area contributed by atoms with Gasteiger partial charge in [-0.05, 0) is 26.3 Å². The molecule has 0 atom stereocenters. The van der Waals surface area contributed by atoms with Gasteiger partial charge in [0.25, 0.3) is 10.0 Å². The van der Waals surface area contributed by atoms with Crippen LogP contribution in [0, 0.1) is 0 Å². The molecule has 1 aliphatic rings. The molecule has 18 heavy (non-hydrogen) atoms. The molecule has 0 unspecified atom stereocenters. The maximum Gasteiger partial charge on any atom is 0.297 e. The molecule has 0 spiro atoms. The van der Waals surface area contributed by atoms with E-state index in [4.69, 9.17) is 11.6 Å². The molecule has 0 aromatic carbocycles. The first-order valence-electron chi connectivity index (χ1n) is 5.43. The topological polar surface area (TPSA) is 70.6 Å². The van der Waals surface area contributed by atoms with Gasteiger partial charge in [0.2, 0.25) is 5.96 Å². The van der Waals surface area contributed by atoms with E-state index in [0.717, 1.165) is 17.8 Å². The molecule has 0 aliphatic carbocycles. The van der Waals surface area contributed by atoms with Crippen LogP contribution in [0.5, 0.6) is 0 Å². The Kier molecular flexibility index (Phi) is 3.33. The third kappa shape index (κ3) is 2.62. The van der Waals surface area contributed by atoms with Crippen LogP contribution < -0.4 is 10.6 Å². The number of guanidine groups is 1. The number of thiophene rings is 1. The Morgan fingerprint density at radius 3 is 2.83 bits per heavy atom. The van der Waals surface area contributed by atoms with Crippen LogP contribution in [0.2, 0.25) is 4.34 Å². The minimum atomic E-state index is -3.65. The smallest absolute Gasteiger partial charge is 0.297 e. The zero-order valence-corrected chi connectivity index (χ0v) is 12.6. The highest BCUT2D eigenvalue weighted by atomic mass is 35.5. The molecule has 0 amide bonds. The van der Waals surface area contributed by atoms with Crippen molar-refractivity contribution in [2.75, 3.05) is 5.32 Å². The summed E-state index contributed by atoms with van der Waals surface area (Å²) in [5.74, 6) is 0.240. The highest BCUT2D eigenvalue weighted by Gasteiger charge is 2.29. The molecule has 100 valence electrons. The normalized spacial score (nSPS) is 17.7. The lowest BCUT2D eigenvalue weighted by atomic mass is 10.0. The monoisotopic (exact) mass is 307 g/mol. The van der Waals surface area contributed by atoms with Crippen LogP contribution >= 0.6 is 22.9 Å². The first-order chi connectivity index (χ1) is 8.23. The van der Waals surface area contributed by atoms with Crippen molar-refractivity contribution in [3.63, 3.8) is 0 Å². The lowest BCUT2D eigenvalue weighted by Crippen LogP contribution is -2.47. The predicted octanol–water partition coefficient (Wildman–Crippen LogP) is 2.65. The Morgan fingerprint density at radius 1 is 1.56 bits per heavy atom. The average molecular weight is 308 g/mol. The fourth-order valence-electron chi connectivity index (χ4n) is 1.40. The Hall–Kier alpha value is -0.790. The van der Waals surface area contributed by atoms with Crippen molar-refractivity contribution >= 4 is 44.6 Å². The lowest BCUT2D eigenvalue weighted by Gasteiger charge is -2.28. The second-order valence-corrected chi connectivity index (χ2v) is 8.14. The molecule has 2 heterocycles. The summed E-state index contributed by atoms with van der Waals surface area (Å²) in [5, 5.41) is 6.02. The van der Waals surface area contributed by atoms with Crippen molar-refractivity contribution in [2.45, 2.75) is 36.9 Å². The summed E-state index contributed by atoms with van der Waals surface area (Å²) in [5.41, 5.74) is 0.244. The number of fused-ring (bicyclic) bond motifs is 1. The fraction of sp³-hybridized carbons (Fsp3) is 0.500. The summed E-state index contributed by atoms with van der Waals surface area (Å²) in [7, 11) is -3.65. The highest BCUT2D eigenvalue weighted by Crippen LogP contribution is 2.37. The fourth-order valence-corrected chi connectivity index (χ4v) is 4.06. The van der Waals surface area contributed by atoms with Crippen LogP contribution in [-0.4, -0.2) is 19.9 Å². The molecule has 1 aromatic rings. The highest BCUT2D eigenvalue weighted by molar-refractivity contribution is 7.92. The standard InChI is InChI=1S/C10H14ClN3O2S2/c1-4-10(2,3)13-9-12-6-5-7(11)17-8(6)18(15,16)14-9/h5H,4H2,1-3H3,(H2,12,13,14). The van der Waals surface area contributed by atoms with E-state index < -0.39 is 10.0 Å². The number of anilines is 1. The summed E-state index contributed by atoms with van der Waals surface area (Å²) < 4.78 is 28.2. The third-order valence-corrected chi connectivity index (χ3v) is 5.76. The summed E-state index contributed by atoms with van der Waals surface area (Å²) in [6.07, 6.45) is 0.838. The number of hydrogen-bond acceptors (Lipinski definition) is 5. The summed E-state index contributed by atoms with van der Waals surface area (Å²) >= 11 is 6.83. The number of rotatable bonds is 2. The molecule has 2 N–H and O–H groups in total.